The van der Waals surface area contributed by atoms with Crippen LogP contribution in [-0.2, 0) is 16.0 Å². The molecule has 1 amide bonds. The van der Waals surface area contributed by atoms with Crippen molar-refractivity contribution in [2.75, 3.05) is 0 Å². The second kappa shape index (κ2) is 4.61. The van der Waals surface area contributed by atoms with Crippen molar-refractivity contribution >= 4 is 23.7 Å². The molecule has 2 N–H and O–H groups in total. The van der Waals surface area contributed by atoms with Crippen LogP contribution in [0.4, 0.5) is 0 Å². The number of thiophene rings is 1. The minimum atomic E-state index is -1.01. The molecule has 1 rings (SSSR count). The summed E-state index contributed by atoms with van der Waals surface area (Å²) in [5.74, 6) is -1.01. The lowest BCUT2D eigenvalue weighted by Crippen LogP contribution is -2.37. The number of aliphatic carboxylic acids is 1. The lowest BCUT2D eigenvalue weighted by atomic mass is 10.2. The normalized spacial score (nSPS) is 12.0. The Morgan fingerprint density at radius 3 is 3.00 bits per heavy atom. The molecule has 4 nitrogen and oxygen atoms in total. The number of rotatable bonds is 5. The maximum absolute atomic E-state index is 10.6. The lowest BCUT2D eigenvalue weighted by molar-refractivity contribution is -0.140. The molecule has 1 aromatic heterocycles. The maximum Gasteiger partial charge on any atom is 0.326 e. The number of carbonyl (C=O) groups is 2. The Morgan fingerprint density at radius 1 is 1.77 bits per heavy atom. The van der Waals surface area contributed by atoms with Crippen LogP contribution in [0.2, 0.25) is 0 Å². The molecule has 0 aromatic carbocycles. The van der Waals surface area contributed by atoms with Gasteiger partial charge in [-0.2, -0.15) is 0 Å². The van der Waals surface area contributed by atoms with Crippen LogP contribution in [0.5, 0.6) is 0 Å². The van der Waals surface area contributed by atoms with Crippen molar-refractivity contribution in [2.24, 2.45) is 0 Å². The van der Waals surface area contributed by atoms with Gasteiger partial charge in [0.2, 0.25) is 6.41 Å². The summed E-state index contributed by atoms with van der Waals surface area (Å²) in [5, 5.41) is 12.8. The fraction of sp³-hybridized carbons (Fsp3) is 0.250. The van der Waals surface area contributed by atoms with Crippen molar-refractivity contribution in [3.63, 3.8) is 0 Å². The summed E-state index contributed by atoms with van der Waals surface area (Å²) in [6.07, 6.45) is 0.748. The molecule has 0 radical (unpaired) electrons. The number of carbonyl (C=O) groups excluding carboxylic acids is 1. The van der Waals surface area contributed by atoms with E-state index in [1.165, 1.54) is 11.3 Å². The summed E-state index contributed by atoms with van der Waals surface area (Å²) >= 11 is 1.48. The quantitative estimate of drug-likeness (QED) is 0.678. The van der Waals surface area contributed by atoms with Gasteiger partial charge in [0.1, 0.15) is 6.04 Å². The molecule has 1 heterocycles. The highest BCUT2D eigenvalue weighted by atomic mass is 32.1. The van der Waals surface area contributed by atoms with Gasteiger partial charge >= 0.3 is 5.97 Å². The number of amides is 1. The fourth-order valence-corrected chi connectivity index (χ4v) is 1.68. The second-order valence-corrected chi connectivity index (χ2v) is 3.49. The van der Waals surface area contributed by atoms with Crippen LogP contribution in [0.25, 0.3) is 0 Å². The van der Waals surface area contributed by atoms with Crippen LogP contribution in [-0.4, -0.2) is 23.5 Å². The Labute approximate surface area is 79.2 Å². The van der Waals surface area contributed by atoms with Crippen molar-refractivity contribution < 1.29 is 14.7 Å². The third-order valence-corrected chi connectivity index (χ3v) is 2.45. The van der Waals surface area contributed by atoms with E-state index < -0.39 is 12.0 Å². The number of hydrogen-bond acceptors (Lipinski definition) is 3. The Bertz CT molecular complexity index is 284. The van der Waals surface area contributed by atoms with Gasteiger partial charge in [-0.25, -0.2) is 4.79 Å². The van der Waals surface area contributed by atoms with Gasteiger partial charge in [-0.15, -0.1) is 11.3 Å². The molecule has 1 aromatic rings. The highest BCUT2D eigenvalue weighted by Crippen LogP contribution is 2.10. The molecule has 0 aliphatic carbocycles. The molecule has 0 aliphatic heterocycles. The number of carboxylic acids is 1. The Morgan fingerprint density at radius 2 is 2.54 bits per heavy atom. The van der Waals surface area contributed by atoms with Gasteiger partial charge in [0.15, 0.2) is 0 Å². The van der Waals surface area contributed by atoms with E-state index in [4.69, 9.17) is 5.11 Å². The van der Waals surface area contributed by atoms with E-state index in [-0.39, 0.29) is 0 Å². The molecule has 0 fully saturated rings. The van der Waals surface area contributed by atoms with Crippen molar-refractivity contribution in [3.8, 4) is 0 Å². The summed E-state index contributed by atoms with van der Waals surface area (Å²) in [4.78, 5) is 21.6. The zero-order valence-corrected chi connectivity index (χ0v) is 7.58. The van der Waals surface area contributed by atoms with Gasteiger partial charge in [-0.1, -0.05) is 6.07 Å². The maximum atomic E-state index is 10.6. The van der Waals surface area contributed by atoms with Crippen LogP contribution in [0.15, 0.2) is 17.5 Å². The third-order valence-electron chi connectivity index (χ3n) is 1.55. The summed E-state index contributed by atoms with van der Waals surface area (Å²) in [6.45, 7) is 0. The lowest BCUT2D eigenvalue weighted by Gasteiger charge is -2.08. The van der Waals surface area contributed by atoms with Gasteiger partial charge < -0.3 is 10.4 Å². The molecule has 1 atom stereocenters. The topological polar surface area (TPSA) is 66.4 Å². The number of hydrogen-bond donors (Lipinski definition) is 2. The van der Waals surface area contributed by atoms with Gasteiger partial charge in [0.25, 0.3) is 0 Å². The van der Waals surface area contributed by atoms with E-state index in [1.54, 1.807) is 0 Å². The first kappa shape index (κ1) is 9.73. The van der Waals surface area contributed by atoms with Crippen molar-refractivity contribution in [1.29, 1.82) is 0 Å². The van der Waals surface area contributed by atoms with Crippen LogP contribution in [0.3, 0.4) is 0 Å². The Balaban J connectivity index is 2.57. The molecule has 0 bridgehead atoms. The highest BCUT2D eigenvalue weighted by molar-refractivity contribution is 7.09. The molecular weight excluding hydrogens is 190 g/mol. The molecule has 13 heavy (non-hydrogen) atoms. The van der Waals surface area contributed by atoms with E-state index in [0.29, 0.717) is 12.8 Å². The van der Waals surface area contributed by atoms with Gasteiger partial charge in [0, 0.05) is 11.3 Å². The van der Waals surface area contributed by atoms with E-state index in [0.717, 1.165) is 4.88 Å². The largest absolute Gasteiger partial charge is 0.480 e. The Hall–Kier alpha value is -1.36. The molecular formula is C8H9NO3S. The fourth-order valence-electron chi connectivity index (χ4n) is 0.930. The standard InChI is InChI=1S/C8H9NO3S/c10-5-9-7(8(11)12)4-6-2-1-3-13-6/h1-3,5,7H,4H2,(H,9,10)(H,11,12)/t7-/m1/s1. The predicted octanol–water partition coefficient (Wildman–Crippen LogP) is 0.490. The summed E-state index contributed by atoms with van der Waals surface area (Å²) < 4.78 is 0. The highest BCUT2D eigenvalue weighted by Gasteiger charge is 2.16. The average Bonchev–Trinajstić information content (AvgIpc) is 2.56. The monoisotopic (exact) mass is 199 g/mol. The number of nitrogens with one attached hydrogen (secondary N) is 1. The van der Waals surface area contributed by atoms with Crippen molar-refractivity contribution in [3.05, 3.63) is 22.4 Å². The molecule has 0 aliphatic rings. The second-order valence-electron chi connectivity index (χ2n) is 2.46. The first-order valence-corrected chi connectivity index (χ1v) is 4.57. The average molecular weight is 199 g/mol. The predicted molar refractivity (Wildman–Crippen MR) is 48.6 cm³/mol. The number of carboxylic acid groups (broad SMARTS) is 1. The molecule has 0 spiro atoms. The van der Waals surface area contributed by atoms with E-state index >= 15 is 0 Å². The molecule has 0 unspecified atom stereocenters. The van der Waals surface area contributed by atoms with Crippen molar-refractivity contribution in [2.45, 2.75) is 12.5 Å². The first-order chi connectivity index (χ1) is 6.24. The summed E-state index contributed by atoms with van der Waals surface area (Å²) in [6, 6.07) is 2.86. The Kier molecular flexibility index (Phi) is 3.45. The van der Waals surface area contributed by atoms with Crippen molar-refractivity contribution in [1.82, 2.24) is 5.32 Å². The van der Waals surface area contributed by atoms with Gasteiger partial charge in [0.05, 0.1) is 0 Å². The van der Waals surface area contributed by atoms with Gasteiger partial charge in [-0.3, -0.25) is 4.79 Å². The van der Waals surface area contributed by atoms with Crippen LogP contribution in [0, 0.1) is 0 Å². The van der Waals surface area contributed by atoms with E-state index in [2.05, 4.69) is 5.32 Å². The van der Waals surface area contributed by atoms with Crippen LogP contribution < -0.4 is 5.32 Å². The van der Waals surface area contributed by atoms with E-state index in [9.17, 15) is 9.59 Å². The minimum absolute atomic E-state index is 0.339. The molecule has 0 saturated carbocycles. The van der Waals surface area contributed by atoms with Crippen LogP contribution in [0.1, 0.15) is 4.88 Å². The zero-order valence-electron chi connectivity index (χ0n) is 6.77. The van der Waals surface area contributed by atoms with Crippen LogP contribution >= 0.6 is 11.3 Å². The minimum Gasteiger partial charge on any atom is -0.480 e. The first-order valence-electron chi connectivity index (χ1n) is 3.69. The van der Waals surface area contributed by atoms with E-state index in [1.807, 2.05) is 17.5 Å². The molecule has 0 saturated heterocycles. The molecule has 70 valence electrons. The summed E-state index contributed by atoms with van der Waals surface area (Å²) in [7, 11) is 0. The third kappa shape index (κ3) is 2.87. The smallest absolute Gasteiger partial charge is 0.326 e. The van der Waals surface area contributed by atoms with Gasteiger partial charge in [-0.05, 0) is 11.4 Å². The SMILES string of the molecule is O=CN[C@H](Cc1cccs1)C(=O)O. The summed E-state index contributed by atoms with van der Waals surface area (Å²) in [5.41, 5.74) is 0. The zero-order chi connectivity index (χ0) is 9.68. The molecule has 5 heteroatoms.